The van der Waals surface area contributed by atoms with Crippen LogP contribution in [0, 0.1) is 12.7 Å². The number of aromatic nitrogens is 2. The van der Waals surface area contributed by atoms with Gasteiger partial charge < -0.3 is 15.0 Å². The first-order valence-corrected chi connectivity index (χ1v) is 12.3. The second-order valence-corrected chi connectivity index (χ2v) is 10.4. The molecule has 3 aromatic rings. The number of anilines is 1. The summed E-state index contributed by atoms with van der Waals surface area (Å²) in [5.74, 6) is -0.704. The Morgan fingerprint density at radius 1 is 1.11 bits per heavy atom. The Morgan fingerprint density at radius 3 is 2.39 bits per heavy atom. The highest BCUT2D eigenvalue weighted by atomic mass is 35.5. The topological polar surface area (TPSA) is 76.5 Å². The number of nitrogens with one attached hydrogen (secondary N) is 1. The summed E-state index contributed by atoms with van der Waals surface area (Å²) in [6.07, 6.45) is 2.51. The number of benzene rings is 2. The molecule has 0 atom stereocenters. The van der Waals surface area contributed by atoms with Crippen LogP contribution in [-0.4, -0.2) is 45.4 Å². The number of halogens is 2. The lowest BCUT2D eigenvalue weighted by atomic mass is 9.90. The molecule has 4 rings (SSSR count). The molecule has 1 aliphatic heterocycles. The van der Waals surface area contributed by atoms with E-state index in [2.05, 4.69) is 10.4 Å². The van der Waals surface area contributed by atoms with Crippen molar-refractivity contribution in [2.75, 3.05) is 18.4 Å². The molecule has 1 fully saturated rings. The third-order valence-electron chi connectivity index (χ3n) is 6.09. The summed E-state index contributed by atoms with van der Waals surface area (Å²) in [6.45, 7) is 8.28. The van der Waals surface area contributed by atoms with Gasteiger partial charge in [-0.05, 0) is 88.6 Å². The minimum atomic E-state index is -0.565. The maximum Gasteiger partial charge on any atom is 0.410 e. The summed E-state index contributed by atoms with van der Waals surface area (Å²) < 4.78 is 20.8. The quantitative estimate of drug-likeness (QED) is 0.442. The number of hydrogen-bond acceptors (Lipinski definition) is 4. The third-order valence-corrected chi connectivity index (χ3v) is 6.34. The van der Waals surface area contributed by atoms with Gasteiger partial charge in [-0.2, -0.15) is 5.10 Å². The second kappa shape index (κ2) is 10.3. The van der Waals surface area contributed by atoms with Crippen LogP contribution in [0.1, 0.15) is 61.1 Å². The van der Waals surface area contributed by atoms with Crippen molar-refractivity contribution in [3.8, 4) is 5.69 Å². The van der Waals surface area contributed by atoms with Gasteiger partial charge in [0.2, 0.25) is 0 Å². The highest BCUT2D eigenvalue weighted by molar-refractivity contribution is 6.30. The molecule has 1 saturated heterocycles. The molecule has 2 heterocycles. The van der Waals surface area contributed by atoms with Gasteiger partial charge in [-0.1, -0.05) is 11.6 Å². The molecule has 1 N–H and O–H groups in total. The first-order valence-electron chi connectivity index (χ1n) is 11.9. The lowest BCUT2D eigenvalue weighted by Gasteiger charge is -2.34. The van der Waals surface area contributed by atoms with Crippen molar-refractivity contribution in [2.24, 2.45) is 0 Å². The van der Waals surface area contributed by atoms with Crippen LogP contribution in [0.2, 0.25) is 5.02 Å². The predicted octanol–water partition coefficient (Wildman–Crippen LogP) is 6.34. The third kappa shape index (κ3) is 5.87. The van der Waals surface area contributed by atoms with Gasteiger partial charge >= 0.3 is 6.09 Å². The van der Waals surface area contributed by atoms with Crippen LogP contribution < -0.4 is 5.32 Å². The summed E-state index contributed by atoms with van der Waals surface area (Å²) in [4.78, 5) is 27.6. The molecule has 1 aromatic heterocycles. The first-order chi connectivity index (χ1) is 17.0. The summed E-state index contributed by atoms with van der Waals surface area (Å²) in [5.41, 5.74) is 2.57. The van der Waals surface area contributed by atoms with Crippen molar-refractivity contribution < 1.29 is 18.7 Å². The van der Waals surface area contributed by atoms with Crippen molar-refractivity contribution in [3.05, 3.63) is 76.3 Å². The maximum atomic E-state index is 13.5. The molecule has 36 heavy (non-hydrogen) atoms. The number of likely N-dealkylation sites (tertiary alicyclic amines) is 1. The number of aryl methyl sites for hydroxylation is 1. The fourth-order valence-electron chi connectivity index (χ4n) is 4.33. The van der Waals surface area contributed by atoms with E-state index >= 15 is 0 Å². The van der Waals surface area contributed by atoms with E-state index in [1.54, 1.807) is 40.9 Å². The molecular formula is C27H30ClFN4O3. The molecule has 0 radical (unpaired) electrons. The standard InChI is InChI=1S/C27H30ClFN4O3/c1-17-15-20(29)7-10-23(17)31-25(34)22-16-30-33(21-8-5-19(28)6-9-21)24(22)18-11-13-32(14-12-18)26(35)36-27(2,3)4/h5-10,15-16,18H,11-14H2,1-4H3,(H,31,34). The zero-order chi connectivity index (χ0) is 26.0. The van der Waals surface area contributed by atoms with Crippen molar-refractivity contribution in [2.45, 2.75) is 52.1 Å². The second-order valence-electron chi connectivity index (χ2n) is 9.99. The van der Waals surface area contributed by atoms with Gasteiger partial charge in [-0.15, -0.1) is 0 Å². The molecule has 1 aliphatic rings. The number of carbonyl (C=O) groups excluding carboxylic acids is 2. The van der Waals surface area contributed by atoms with E-state index in [1.807, 2.05) is 32.9 Å². The van der Waals surface area contributed by atoms with Crippen LogP contribution in [0.25, 0.3) is 5.69 Å². The molecule has 7 nitrogen and oxygen atoms in total. The Kier molecular flexibility index (Phi) is 7.36. The average molecular weight is 513 g/mol. The minimum absolute atomic E-state index is 0.0167. The number of rotatable bonds is 4. The number of hydrogen-bond donors (Lipinski definition) is 1. The molecule has 0 spiro atoms. The Bertz CT molecular complexity index is 1260. The van der Waals surface area contributed by atoms with Gasteiger partial charge in [0.25, 0.3) is 5.91 Å². The lowest BCUT2D eigenvalue weighted by Crippen LogP contribution is -2.41. The van der Waals surface area contributed by atoms with Gasteiger partial charge in [-0.25, -0.2) is 13.9 Å². The van der Waals surface area contributed by atoms with Crippen molar-refractivity contribution in [1.82, 2.24) is 14.7 Å². The summed E-state index contributed by atoms with van der Waals surface area (Å²) >= 11 is 6.08. The van der Waals surface area contributed by atoms with Crippen LogP contribution in [-0.2, 0) is 4.74 Å². The van der Waals surface area contributed by atoms with Crippen molar-refractivity contribution >= 4 is 29.3 Å². The Labute approximate surface area is 215 Å². The smallest absolute Gasteiger partial charge is 0.410 e. The molecule has 0 unspecified atom stereocenters. The molecule has 2 amide bonds. The highest BCUT2D eigenvalue weighted by Crippen LogP contribution is 2.33. The highest BCUT2D eigenvalue weighted by Gasteiger charge is 2.32. The predicted molar refractivity (Wildman–Crippen MR) is 137 cm³/mol. The van der Waals surface area contributed by atoms with Gasteiger partial charge in [0.05, 0.1) is 23.1 Å². The maximum absolute atomic E-state index is 13.5. The van der Waals surface area contributed by atoms with E-state index in [4.69, 9.17) is 16.3 Å². The van der Waals surface area contributed by atoms with Crippen LogP contribution in [0.4, 0.5) is 14.9 Å². The van der Waals surface area contributed by atoms with E-state index < -0.39 is 5.60 Å². The average Bonchev–Trinajstić information content (AvgIpc) is 3.25. The number of ether oxygens (including phenoxy) is 1. The largest absolute Gasteiger partial charge is 0.444 e. The van der Waals surface area contributed by atoms with E-state index in [1.165, 1.54) is 12.1 Å². The molecule has 2 aromatic carbocycles. The van der Waals surface area contributed by atoms with Crippen LogP contribution in [0.15, 0.2) is 48.7 Å². The number of carbonyl (C=O) groups is 2. The van der Waals surface area contributed by atoms with Gasteiger partial charge in [-0.3, -0.25) is 4.79 Å². The first kappa shape index (κ1) is 25.7. The van der Waals surface area contributed by atoms with Gasteiger partial charge in [0.1, 0.15) is 11.4 Å². The molecule has 0 aliphatic carbocycles. The van der Waals surface area contributed by atoms with Gasteiger partial charge in [0, 0.05) is 29.7 Å². The fourth-order valence-corrected chi connectivity index (χ4v) is 4.46. The Morgan fingerprint density at radius 2 is 1.78 bits per heavy atom. The van der Waals surface area contributed by atoms with Crippen LogP contribution in [0.3, 0.4) is 0 Å². The van der Waals surface area contributed by atoms with E-state index in [-0.39, 0.29) is 23.7 Å². The molecule has 190 valence electrons. The number of piperidine rings is 1. The van der Waals surface area contributed by atoms with E-state index in [0.29, 0.717) is 47.8 Å². The van der Waals surface area contributed by atoms with Crippen molar-refractivity contribution in [1.29, 1.82) is 0 Å². The van der Waals surface area contributed by atoms with E-state index in [9.17, 15) is 14.0 Å². The van der Waals surface area contributed by atoms with Crippen LogP contribution >= 0.6 is 11.6 Å². The molecule has 0 saturated carbocycles. The number of amides is 2. The van der Waals surface area contributed by atoms with Crippen molar-refractivity contribution in [3.63, 3.8) is 0 Å². The SMILES string of the molecule is Cc1cc(F)ccc1NC(=O)c1cnn(-c2ccc(Cl)cc2)c1C1CCN(C(=O)OC(C)(C)C)CC1. The summed E-state index contributed by atoms with van der Waals surface area (Å²) in [5, 5.41) is 8.04. The summed E-state index contributed by atoms with van der Waals surface area (Å²) in [6, 6.07) is 11.5. The minimum Gasteiger partial charge on any atom is -0.444 e. The Hall–Kier alpha value is -3.39. The molecular weight excluding hydrogens is 483 g/mol. The lowest BCUT2D eigenvalue weighted by molar-refractivity contribution is 0.0203. The zero-order valence-electron chi connectivity index (χ0n) is 20.8. The summed E-state index contributed by atoms with van der Waals surface area (Å²) in [7, 11) is 0. The molecule has 9 heteroatoms. The zero-order valence-corrected chi connectivity index (χ0v) is 21.6. The fraction of sp³-hybridized carbons (Fsp3) is 0.370. The van der Waals surface area contributed by atoms with Gasteiger partial charge in [0.15, 0.2) is 0 Å². The van der Waals surface area contributed by atoms with E-state index in [0.717, 1.165) is 11.4 Å². The Balaban J connectivity index is 1.62. The number of nitrogens with zero attached hydrogens (tertiary/aromatic N) is 3. The van der Waals surface area contributed by atoms with Crippen LogP contribution in [0.5, 0.6) is 0 Å². The molecule has 0 bridgehead atoms. The monoisotopic (exact) mass is 512 g/mol. The normalized spacial score (nSPS) is 14.6.